The Morgan fingerprint density at radius 3 is 2.48 bits per heavy atom. The first-order valence-corrected chi connectivity index (χ1v) is 11.1. The van der Waals surface area contributed by atoms with E-state index in [9.17, 15) is 4.79 Å². The Labute approximate surface area is 184 Å². The van der Waals surface area contributed by atoms with E-state index in [0.717, 1.165) is 47.5 Å². The third-order valence-electron chi connectivity index (χ3n) is 6.44. The summed E-state index contributed by atoms with van der Waals surface area (Å²) in [6.07, 6.45) is 2.59. The standard InChI is InChI=1S/C26H31N3O2/c1-5-26(6-2)16-23(22-9-7-8-10-24(22)31-26)27-25(30)21-13-11-20(12-14-21)17-29-19(4)15-18(3)28-29/h7-15,23H,5-6,16-17H2,1-4H3,(H,27,30). The Morgan fingerprint density at radius 2 is 1.84 bits per heavy atom. The minimum atomic E-state index is -0.240. The van der Waals surface area contributed by atoms with Crippen molar-refractivity contribution in [2.45, 2.75) is 65.1 Å². The molecule has 1 atom stereocenters. The van der Waals surface area contributed by atoms with Gasteiger partial charge in [0.05, 0.1) is 18.3 Å². The summed E-state index contributed by atoms with van der Waals surface area (Å²) in [7, 11) is 0. The Balaban J connectivity index is 1.50. The predicted molar refractivity (Wildman–Crippen MR) is 122 cm³/mol. The molecule has 0 spiro atoms. The molecule has 0 aliphatic carbocycles. The van der Waals surface area contributed by atoms with Crippen LogP contribution in [0.1, 0.15) is 72.0 Å². The van der Waals surface area contributed by atoms with Crippen LogP contribution in [0.4, 0.5) is 0 Å². The molecule has 1 amide bonds. The number of nitrogens with zero attached hydrogens (tertiary/aromatic N) is 2. The molecule has 3 aromatic rings. The first kappa shape index (κ1) is 21.2. The molecule has 1 aromatic heterocycles. The Morgan fingerprint density at radius 1 is 1.13 bits per heavy atom. The summed E-state index contributed by atoms with van der Waals surface area (Å²) in [4.78, 5) is 13.1. The topological polar surface area (TPSA) is 56.2 Å². The quantitative estimate of drug-likeness (QED) is 0.587. The number of para-hydroxylation sites is 1. The summed E-state index contributed by atoms with van der Waals surface area (Å²) in [5.74, 6) is 0.823. The van der Waals surface area contributed by atoms with Gasteiger partial charge in [-0.15, -0.1) is 0 Å². The van der Waals surface area contributed by atoms with Gasteiger partial charge in [-0.3, -0.25) is 9.48 Å². The maximum Gasteiger partial charge on any atom is 0.251 e. The Kier molecular flexibility index (Phi) is 5.86. The number of ether oxygens (including phenoxy) is 1. The van der Waals surface area contributed by atoms with Crippen molar-refractivity contribution in [2.75, 3.05) is 0 Å². The zero-order valence-corrected chi connectivity index (χ0v) is 18.8. The first-order valence-electron chi connectivity index (χ1n) is 11.1. The van der Waals surface area contributed by atoms with Crippen LogP contribution in [-0.2, 0) is 6.54 Å². The lowest BCUT2D eigenvalue weighted by molar-refractivity contribution is 0.0227. The van der Waals surface area contributed by atoms with Crippen LogP contribution in [0.15, 0.2) is 54.6 Å². The normalized spacial score (nSPS) is 17.0. The van der Waals surface area contributed by atoms with E-state index in [4.69, 9.17) is 4.74 Å². The molecule has 31 heavy (non-hydrogen) atoms. The van der Waals surface area contributed by atoms with E-state index in [2.05, 4.69) is 37.3 Å². The number of carbonyl (C=O) groups is 1. The van der Waals surface area contributed by atoms with Gasteiger partial charge in [-0.05, 0) is 56.5 Å². The van der Waals surface area contributed by atoms with E-state index >= 15 is 0 Å². The number of nitrogens with one attached hydrogen (secondary N) is 1. The van der Waals surface area contributed by atoms with Crippen molar-refractivity contribution in [3.05, 3.63) is 82.7 Å². The molecule has 1 aliphatic heterocycles. The third kappa shape index (κ3) is 4.36. The molecular weight excluding hydrogens is 386 g/mol. The van der Waals surface area contributed by atoms with Gasteiger partial charge in [0.15, 0.2) is 0 Å². The summed E-state index contributed by atoms with van der Waals surface area (Å²) in [5.41, 5.74) is 4.74. The molecule has 1 unspecified atom stereocenters. The molecule has 1 N–H and O–H groups in total. The van der Waals surface area contributed by atoms with Crippen LogP contribution in [0.3, 0.4) is 0 Å². The van der Waals surface area contributed by atoms with Crippen LogP contribution in [0.2, 0.25) is 0 Å². The maximum atomic E-state index is 13.1. The number of hydrogen-bond acceptors (Lipinski definition) is 3. The highest BCUT2D eigenvalue weighted by molar-refractivity contribution is 5.94. The van der Waals surface area contributed by atoms with Crippen molar-refractivity contribution < 1.29 is 9.53 Å². The molecule has 4 rings (SSSR count). The zero-order chi connectivity index (χ0) is 22.0. The Bertz CT molecular complexity index is 1060. The number of benzene rings is 2. The molecule has 2 aromatic carbocycles. The van der Waals surface area contributed by atoms with Gasteiger partial charge in [0.25, 0.3) is 5.91 Å². The van der Waals surface area contributed by atoms with E-state index in [1.165, 1.54) is 0 Å². The van der Waals surface area contributed by atoms with Crippen LogP contribution in [0, 0.1) is 13.8 Å². The zero-order valence-electron chi connectivity index (χ0n) is 18.8. The van der Waals surface area contributed by atoms with Crippen LogP contribution in [0.5, 0.6) is 5.75 Å². The smallest absolute Gasteiger partial charge is 0.251 e. The van der Waals surface area contributed by atoms with Crippen LogP contribution in [-0.4, -0.2) is 21.3 Å². The highest BCUT2D eigenvalue weighted by Crippen LogP contribution is 2.42. The molecule has 0 saturated carbocycles. The maximum absolute atomic E-state index is 13.1. The molecule has 5 heteroatoms. The number of hydrogen-bond donors (Lipinski definition) is 1. The lowest BCUT2D eigenvalue weighted by Crippen LogP contribution is -2.44. The molecular formula is C26H31N3O2. The molecule has 0 fully saturated rings. The lowest BCUT2D eigenvalue weighted by atomic mass is 9.83. The molecule has 2 heterocycles. The average molecular weight is 418 g/mol. The second-order valence-electron chi connectivity index (χ2n) is 8.54. The van der Waals surface area contributed by atoms with Crippen molar-refractivity contribution in [1.29, 1.82) is 0 Å². The van der Waals surface area contributed by atoms with E-state index in [-0.39, 0.29) is 17.6 Å². The highest BCUT2D eigenvalue weighted by atomic mass is 16.5. The second-order valence-corrected chi connectivity index (χ2v) is 8.54. The van der Waals surface area contributed by atoms with E-state index in [1.54, 1.807) is 0 Å². The second kappa shape index (κ2) is 8.58. The number of aryl methyl sites for hydroxylation is 2. The number of fused-ring (bicyclic) bond motifs is 1. The molecule has 0 saturated heterocycles. The van der Waals surface area contributed by atoms with Crippen molar-refractivity contribution in [3.63, 3.8) is 0 Å². The van der Waals surface area contributed by atoms with Gasteiger partial charge in [-0.1, -0.05) is 44.2 Å². The van der Waals surface area contributed by atoms with Crippen LogP contribution < -0.4 is 10.1 Å². The molecule has 0 radical (unpaired) electrons. The van der Waals surface area contributed by atoms with Gasteiger partial charge >= 0.3 is 0 Å². The van der Waals surface area contributed by atoms with E-state index < -0.39 is 0 Å². The largest absolute Gasteiger partial charge is 0.487 e. The highest BCUT2D eigenvalue weighted by Gasteiger charge is 2.38. The van der Waals surface area contributed by atoms with Crippen molar-refractivity contribution in [2.24, 2.45) is 0 Å². The fourth-order valence-electron chi connectivity index (χ4n) is 4.44. The van der Waals surface area contributed by atoms with E-state index in [0.29, 0.717) is 12.1 Å². The average Bonchev–Trinajstić information content (AvgIpc) is 3.10. The summed E-state index contributed by atoms with van der Waals surface area (Å²) < 4.78 is 8.34. The number of amides is 1. The fraction of sp³-hybridized carbons (Fsp3) is 0.385. The first-order chi connectivity index (χ1) is 14.9. The van der Waals surface area contributed by atoms with Gasteiger partial charge in [-0.2, -0.15) is 5.10 Å². The van der Waals surface area contributed by atoms with Crippen LogP contribution in [0.25, 0.3) is 0 Å². The fourth-order valence-corrected chi connectivity index (χ4v) is 4.44. The summed E-state index contributed by atoms with van der Waals surface area (Å²) in [5, 5.41) is 7.78. The molecule has 5 nitrogen and oxygen atoms in total. The number of rotatable bonds is 6. The summed E-state index contributed by atoms with van der Waals surface area (Å²) in [6.45, 7) is 9.05. The van der Waals surface area contributed by atoms with E-state index in [1.807, 2.05) is 60.1 Å². The lowest BCUT2D eigenvalue weighted by Gasteiger charge is -2.41. The van der Waals surface area contributed by atoms with Gasteiger partial charge in [0.2, 0.25) is 0 Å². The molecule has 162 valence electrons. The predicted octanol–water partition coefficient (Wildman–Crippen LogP) is 5.36. The summed E-state index contributed by atoms with van der Waals surface area (Å²) >= 11 is 0. The van der Waals surface area contributed by atoms with Gasteiger partial charge < -0.3 is 10.1 Å². The Hall–Kier alpha value is -3.08. The monoisotopic (exact) mass is 417 g/mol. The minimum Gasteiger partial charge on any atom is -0.487 e. The summed E-state index contributed by atoms with van der Waals surface area (Å²) in [6, 6.07) is 17.8. The van der Waals surface area contributed by atoms with Crippen molar-refractivity contribution >= 4 is 5.91 Å². The van der Waals surface area contributed by atoms with Crippen molar-refractivity contribution in [1.82, 2.24) is 15.1 Å². The third-order valence-corrected chi connectivity index (χ3v) is 6.44. The van der Waals surface area contributed by atoms with Crippen LogP contribution >= 0.6 is 0 Å². The van der Waals surface area contributed by atoms with Gasteiger partial charge in [-0.25, -0.2) is 0 Å². The number of aromatic nitrogens is 2. The van der Waals surface area contributed by atoms with Crippen molar-refractivity contribution in [3.8, 4) is 5.75 Å². The van der Waals surface area contributed by atoms with Gasteiger partial charge in [0.1, 0.15) is 11.4 Å². The number of carbonyl (C=O) groups excluding carboxylic acids is 1. The SMILES string of the molecule is CCC1(CC)CC(NC(=O)c2ccc(Cn3nc(C)cc3C)cc2)c2ccccc2O1. The molecule has 1 aliphatic rings. The van der Waals surface area contributed by atoms with Gasteiger partial charge in [0, 0.05) is 23.2 Å². The minimum absolute atomic E-state index is 0.0551. The molecule has 0 bridgehead atoms.